The molecule has 36 heavy (non-hydrogen) atoms. The molecular weight excluding hydrogens is 454 g/mol. The number of hydrogen-bond donors (Lipinski definition) is 3. The number of carbonyl (C=O) groups excluding carboxylic acids is 1. The number of nitrogens with one attached hydrogen (secondary N) is 3. The van der Waals surface area contributed by atoms with Crippen molar-refractivity contribution in [1.82, 2.24) is 24.6 Å². The molecule has 0 unspecified atom stereocenters. The Labute approximate surface area is 213 Å². The highest BCUT2D eigenvalue weighted by molar-refractivity contribution is 5.98. The maximum Gasteiger partial charge on any atom is 0.270 e. The molecule has 1 saturated carbocycles. The SMILES string of the molecule is C=C(Nc1ccc(N2CCN(C(C)C)CC2)nn1)Nc1c(C=N)cc(C(=O)N(C)C)n1C1CCCC1. The lowest BCUT2D eigenvalue weighted by Gasteiger charge is -2.37. The van der Waals surface area contributed by atoms with Gasteiger partial charge < -0.3 is 30.4 Å². The lowest BCUT2D eigenvalue weighted by Crippen LogP contribution is -2.49. The molecule has 0 spiro atoms. The van der Waals surface area contributed by atoms with E-state index in [2.05, 4.69) is 51.1 Å². The number of anilines is 3. The van der Waals surface area contributed by atoms with E-state index in [0.29, 0.717) is 34.8 Å². The van der Waals surface area contributed by atoms with Crippen molar-refractivity contribution in [1.29, 1.82) is 5.41 Å². The first-order chi connectivity index (χ1) is 17.3. The van der Waals surface area contributed by atoms with Gasteiger partial charge in [-0.3, -0.25) is 9.69 Å². The van der Waals surface area contributed by atoms with Crippen molar-refractivity contribution in [3.8, 4) is 0 Å². The Morgan fingerprint density at radius 3 is 2.39 bits per heavy atom. The highest BCUT2D eigenvalue weighted by atomic mass is 16.2. The van der Waals surface area contributed by atoms with Crippen molar-refractivity contribution < 1.29 is 4.79 Å². The third kappa shape index (κ3) is 5.53. The van der Waals surface area contributed by atoms with Gasteiger partial charge in [-0.1, -0.05) is 19.4 Å². The molecule has 2 aliphatic rings. The Kier molecular flexibility index (Phi) is 7.93. The monoisotopic (exact) mass is 493 g/mol. The zero-order valence-electron chi connectivity index (χ0n) is 21.9. The van der Waals surface area contributed by atoms with E-state index in [0.717, 1.165) is 57.7 Å². The van der Waals surface area contributed by atoms with E-state index < -0.39 is 0 Å². The average molecular weight is 494 g/mol. The molecule has 2 fully saturated rings. The van der Waals surface area contributed by atoms with E-state index in [4.69, 9.17) is 5.41 Å². The van der Waals surface area contributed by atoms with Gasteiger partial charge in [0.25, 0.3) is 5.91 Å². The van der Waals surface area contributed by atoms with Crippen LogP contribution in [-0.4, -0.2) is 83.0 Å². The number of carbonyl (C=O) groups is 1. The van der Waals surface area contributed by atoms with Gasteiger partial charge in [-0.15, -0.1) is 10.2 Å². The average Bonchev–Trinajstić information content (AvgIpc) is 3.52. The molecule has 1 saturated heterocycles. The van der Waals surface area contributed by atoms with Gasteiger partial charge in [0.15, 0.2) is 11.6 Å². The number of nitrogens with zero attached hydrogens (tertiary/aromatic N) is 6. The van der Waals surface area contributed by atoms with Crippen LogP contribution in [0.2, 0.25) is 0 Å². The molecular formula is C26H39N9O. The first kappa shape index (κ1) is 25.7. The molecule has 194 valence electrons. The number of piperazine rings is 1. The smallest absolute Gasteiger partial charge is 0.270 e. The van der Waals surface area contributed by atoms with E-state index >= 15 is 0 Å². The number of hydrogen-bond acceptors (Lipinski definition) is 8. The van der Waals surface area contributed by atoms with Crippen LogP contribution in [0, 0.1) is 5.41 Å². The summed E-state index contributed by atoms with van der Waals surface area (Å²) in [5.41, 5.74) is 1.24. The molecule has 1 amide bonds. The van der Waals surface area contributed by atoms with E-state index in [9.17, 15) is 4.79 Å². The maximum atomic E-state index is 12.9. The zero-order chi connectivity index (χ0) is 25.8. The summed E-state index contributed by atoms with van der Waals surface area (Å²) in [5.74, 6) is 2.58. The van der Waals surface area contributed by atoms with Gasteiger partial charge in [0, 0.05) is 64.1 Å². The Hall–Kier alpha value is -3.40. The lowest BCUT2D eigenvalue weighted by molar-refractivity contribution is 0.0815. The fraction of sp³-hybridized carbons (Fsp3) is 0.538. The maximum absolute atomic E-state index is 12.9. The topological polar surface area (TPSA) is 105 Å². The predicted molar refractivity (Wildman–Crippen MR) is 145 cm³/mol. The van der Waals surface area contributed by atoms with Crippen LogP contribution in [0.5, 0.6) is 0 Å². The van der Waals surface area contributed by atoms with Crippen molar-refractivity contribution in [2.45, 2.75) is 51.6 Å². The Bertz CT molecular complexity index is 1080. The Morgan fingerprint density at radius 1 is 1.14 bits per heavy atom. The number of rotatable bonds is 9. The van der Waals surface area contributed by atoms with Crippen molar-refractivity contribution in [3.63, 3.8) is 0 Å². The van der Waals surface area contributed by atoms with Gasteiger partial charge in [0.1, 0.15) is 17.3 Å². The van der Waals surface area contributed by atoms with Crippen molar-refractivity contribution >= 4 is 29.6 Å². The summed E-state index contributed by atoms with van der Waals surface area (Å²) in [6.45, 7) is 12.5. The van der Waals surface area contributed by atoms with Gasteiger partial charge in [0.2, 0.25) is 0 Å². The fourth-order valence-electron chi connectivity index (χ4n) is 5.08. The minimum atomic E-state index is -0.0766. The van der Waals surface area contributed by atoms with Gasteiger partial charge in [-0.25, -0.2) is 0 Å². The normalized spacial score (nSPS) is 16.9. The van der Waals surface area contributed by atoms with Crippen LogP contribution in [-0.2, 0) is 0 Å². The van der Waals surface area contributed by atoms with E-state index in [1.54, 1.807) is 25.1 Å². The molecule has 0 aromatic carbocycles. The van der Waals surface area contributed by atoms with Crippen LogP contribution in [0.4, 0.5) is 17.5 Å². The van der Waals surface area contributed by atoms with Gasteiger partial charge in [-0.2, -0.15) is 0 Å². The van der Waals surface area contributed by atoms with E-state index in [-0.39, 0.29) is 11.9 Å². The molecule has 4 rings (SSSR count). The van der Waals surface area contributed by atoms with Gasteiger partial charge in [-0.05, 0) is 44.9 Å². The Balaban J connectivity index is 1.47. The molecule has 2 aromatic rings. The highest BCUT2D eigenvalue weighted by Gasteiger charge is 2.28. The molecule has 0 radical (unpaired) electrons. The molecule has 0 atom stereocenters. The van der Waals surface area contributed by atoms with Crippen LogP contribution in [0.15, 0.2) is 30.6 Å². The largest absolute Gasteiger partial charge is 0.353 e. The number of amides is 1. The third-order valence-corrected chi connectivity index (χ3v) is 7.10. The first-order valence-electron chi connectivity index (χ1n) is 12.8. The third-order valence-electron chi connectivity index (χ3n) is 7.10. The summed E-state index contributed by atoms with van der Waals surface area (Å²) < 4.78 is 2.05. The van der Waals surface area contributed by atoms with Crippen molar-refractivity contribution in [3.05, 3.63) is 41.9 Å². The van der Waals surface area contributed by atoms with Crippen LogP contribution in [0.25, 0.3) is 0 Å². The summed E-state index contributed by atoms with van der Waals surface area (Å²) in [4.78, 5) is 19.2. The lowest BCUT2D eigenvalue weighted by atomic mass is 10.2. The van der Waals surface area contributed by atoms with Crippen LogP contribution >= 0.6 is 0 Å². The summed E-state index contributed by atoms with van der Waals surface area (Å²) in [6, 6.07) is 6.44. The molecule has 3 N–H and O–H groups in total. The number of aromatic nitrogens is 3. The van der Waals surface area contributed by atoms with Crippen LogP contribution in [0.3, 0.4) is 0 Å². The van der Waals surface area contributed by atoms with Crippen molar-refractivity contribution in [2.75, 3.05) is 55.8 Å². The van der Waals surface area contributed by atoms with Crippen LogP contribution in [0.1, 0.15) is 61.6 Å². The summed E-state index contributed by atoms with van der Waals surface area (Å²) in [7, 11) is 3.50. The summed E-state index contributed by atoms with van der Waals surface area (Å²) in [5, 5.41) is 23.2. The summed E-state index contributed by atoms with van der Waals surface area (Å²) in [6.07, 6.45) is 5.55. The van der Waals surface area contributed by atoms with Crippen LogP contribution < -0.4 is 15.5 Å². The molecule has 10 heteroatoms. The second-order valence-corrected chi connectivity index (χ2v) is 10.1. The van der Waals surface area contributed by atoms with Crippen molar-refractivity contribution in [2.24, 2.45) is 0 Å². The molecule has 2 aromatic heterocycles. The summed E-state index contributed by atoms with van der Waals surface area (Å²) >= 11 is 0. The zero-order valence-corrected chi connectivity index (χ0v) is 21.9. The van der Waals surface area contributed by atoms with E-state index in [1.165, 1.54) is 6.21 Å². The van der Waals surface area contributed by atoms with Gasteiger partial charge in [0.05, 0.1) is 0 Å². The first-order valence-corrected chi connectivity index (χ1v) is 12.8. The van der Waals surface area contributed by atoms with E-state index in [1.807, 2.05) is 16.7 Å². The molecule has 1 aliphatic carbocycles. The minimum Gasteiger partial charge on any atom is -0.353 e. The second-order valence-electron chi connectivity index (χ2n) is 10.1. The second kappa shape index (κ2) is 11.1. The highest BCUT2D eigenvalue weighted by Crippen LogP contribution is 2.36. The Morgan fingerprint density at radius 2 is 1.83 bits per heavy atom. The quantitative estimate of drug-likeness (QED) is 0.458. The molecule has 3 heterocycles. The minimum absolute atomic E-state index is 0.0766. The molecule has 10 nitrogen and oxygen atoms in total. The molecule has 0 bridgehead atoms. The standard InChI is InChI=1S/C26H39N9O/c1-18(2)33-12-14-34(15-13-33)24-11-10-23(30-31-24)28-19(3)29-25-20(17-27)16-22(26(36)32(4)5)35(25)21-8-6-7-9-21/h10-11,16-18,21,27,29H,3,6-9,12-15H2,1-2,4-5H3,(H,28,30). The van der Waals surface area contributed by atoms with Gasteiger partial charge >= 0.3 is 0 Å². The predicted octanol–water partition coefficient (Wildman–Crippen LogP) is 3.62. The molecule has 1 aliphatic heterocycles. The fourth-order valence-corrected chi connectivity index (χ4v) is 5.08.